The van der Waals surface area contributed by atoms with Crippen LogP contribution in [0.25, 0.3) is 0 Å². The van der Waals surface area contributed by atoms with Crippen molar-refractivity contribution in [3.05, 3.63) is 50.6 Å². The minimum absolute atomic E-state index is 0.275. The summed E-state index contributed by atoms with van der Waals surface area (Å²) in [5.74, 6) is -0.820. The van der Waals surface area contributed by atoms with E-state index in [0.29, 0.717) is 16.1 Å². The quantitative estimate of drug-likeness (QED) is 0.911. The third kappa shape index (κ3) is 2.77. The van der Waals surface area contributed by atoms with Crippen LogP contribution in [-0.4, -0.2) is 11.8 Å². The van der Waals surface area contributed by atoms with Crippen LogP contribution in [0.1, 0.15) is 20.0 Å². The van der Waals surface area contributed by atoms with Crippen molar-refractivity contribution in [2.75, 3.05) is 5.32 Å². The van der Waals surface area contributed by atoms with Crippen LogP contribution in [0.5, 0.6) is 0 Å². The van der Waals surface area contributed by atoms with Gasteiger partial charge in [0.2, 0.25) is 0 Å². The summed E-state index contributed by atoms with van der Waals surface area (Å²) in [4.78, 5) is 23.4. The van der Waals surface area contributed by atoms with Gasteiger partial charge in [-0.15, -0.1) is 11.3 Å². The van der Waals surface area contributed by atoms with Crippen LogP contribution in [0, 0.1) is 0 Å². The van der Waals surface area contributed by atoms with Crippen molar-refractivity contribution in [1.82, 2.24) is 0 Å². The minimum atomic E-state index is -0.545. The third-order valence-electron chi connectivity index (χ3n) is 2.24. The molecule has 0 saturated carbocycles. The van der Waals surface area contributed by atoms with E-state index in [4.69, 9.17) is 5.73 Å². The Kier molecular flexibility index (Phi) is 3.78. The first-order chi connectivity index (χ1) is 8.58. The highest BCUT2D eigenvalue weighted by Crippen LogP contribution is 2.22. The Morgan fingerprint density at radius 1 is 1.17 bits per heavy atom. The fourth-order valence-corrected chi connectivity index (χ4v) is 2.36. The lowest BCUT2D eigenvalue weighted by Crippen LogP contribution is -2.16. The van der Waals surface area contributed by atoms with Gasteiger partial charge in [0.1, 0.15) is 4.88 Å². The van der Waals surface area contributed by atoms with E-state index in [2.05, 4.69) is 21.2 Å². The molecule has 1 aromatic heterocycles. The van der Waals surface area contributed by atoms with Crippen LogP contribution >= 0.6 is 27.3 Å². The lowest BCUT2D eigenvalue weighted by atomic mass is 10.2. The molecular weight excluding hydrogens is 316 g/mol. The summed E-state index contributed by atoms with van der Waals surface area (Å²) >= 11 is 4.50. The van der Waals surface area contributed by atoms with E-state index >= 15 is 0 Å². The molecule has 2 aromatic rings. The van der Waals surface area contributed by atoms with Crippen LogP contribution < -0.4 is 11.1 Å². The van der Waals surface area contributed by atoms with Gasteiger partial charge in [-0.1, -0.05) is 15.9 Å². The van der Waals surface area contributed by atoms with Gasteiger partial charge in [-0.3, -0.25) is 9.59 Å². The van der Waals surface area contributed by atoms with E-state index in [9.17, 15) is 9.59 Å². The fourth-order valence-electron chi connectivity index (χ4n) is 1.39. The van der Waals surface area contributed by atoms with Gasteiger partial charge in [-0.05, 0) is 35.7 Å². The summed E-state index contributed by atoms with van der Waals surface area (Å²) in [6.45, 7) is 0. The number of nitrogens with one attached hydrogen (secondary N) is 1. The SMILES string of the molecule is NC(=O)c1sccc1NC(=O)c1ccc(Br)cc1. The van der Waals surface area contributed by atoms with Crippen molar-refractivity contribution >= 4 is 44.8 Å². The molecule has 1 aromatic carbocycles. The first-order valence-corrected chi connectivity index (χ1v) is 6.69. The highest BCUT2D eigenvalue weighted by atomic mass is 79.9. The van der Waals surface area contributed by atoms with Crippen molar-refractivity contribution in [3.63, 3.8) is 0 Å². The first-order valence-electron chi connectivity index (χ1n) is 5.02. The van der Waals surface area contributed by atoms with Gasteiger partial charge >= 0.3 is 0 Å². The maximum atomic E-state index is 11.9. The lowest BCUT2D eigenvalue weighted by molar-refractivity contribution is 0.100. The predicted octanol–water partition coefficient (Wildman–Crippen LogP) is 2.86. The van der Waals surface area contributed by atoms with Gasteiger partial charge in [-0.2, -0.15) is 0 Å². The van der Waals surface area contributed by atoms with Crippen LogP contribution in [0.2, 0.25) is 0 Å². The summed E-state index contributed by atoms with van der Waals surface area (Å²) in [5, 5.41) is 4.37. The lowest BCUT2D eigenvalue weighted by Gasteiger charge is -2.04. The summed E-state index contributed by atoms with van der Waals surface area (Å²) in [5.41, 5.74) is 6.17. The summed E-state index contributed by atoms with van der Waals surface area (Å²) in [6.07, 6.45) is 0. The molecule has 0 aliphatic heterocycles. The van der Waals surface area contributed by atoms with E-state index in [1.807, 2.05) is 0 Å². The topological polar surface area (TPSA) is 72.2 Å². The number of nitrogens with two attached hydrogens (primary N) is 1. The van der Waals surface area contributed by atoms with Gasteiger partial charge in [0.05, 0.1) is 5.69 Å². The largest absolute Gasteiger partial charge is 0.365 e. The summed E-state index contributed by atoms with van der Waals surface area (Å²) < 4.78 is 0.896. The molecule has 18 heavy (non-hydrogen) atoms. The van der Waals surface area contributed by atoms with Gasteiger partial charge in [0.25, 0.3) is 11.8 Å². The molecule has 0 unspecified atom stereocenters. The fraction of sp³-hybridized carbons (Fsp3) is 0. The van der Waals surface area contributed by atoms with Crippen molar-refractivity contribution < 1.29 is 9.59 Å². The number of carbonyl (C=O) groups is 2. The zero-order valence-corrected chi connectivity index (χ0v) is 11.5. The third-order valence-corrected chi connectivity index (χ3v) is 3.70. The number of primary amides is 1. The zero-order chi connectivity index (χ0) is 13.1. The molecule has 0 radical (unpaired) electrons. The Hall–Kier alpha value is -1.66. The number of amides is 2. The second-order valence-electron chi connectivity index (χ2n) is 3.49. The van der Waals surface area contributed by atoms with E-state index in [-0.39, 0.29) is 5.91 Å². The Balaban J connectivity index is 2.19. The van der Waals surface area contributed by atoms with Crippen molar-refractivity contribution in [2.45, 2.75) is 0 Å². The molecule has 0 bridgehead atoms. The maximum Gasteiger partial charge on any atom is 0.260 e. The number of halogens is 1. The molecule has 4 nitrogen and oxygen atoms in total. The minimum Gasteiger partial charge on any atom is -0.365 e. The van der Waals surface area contributed by atoms with Crippen LogP contribution in [0.15, 0.2) is 40.2 Å². The average Bonchev–Trinajstić information content (AvgIpc) is 2.78. The molecule has 0 saturated heterocycles. The molecule has 0 aliphatic carbocycles. The van der Waals surface area contributed by atoms with E-state index in [1.165, 1.54) is 11.3 Å². The summed E-state index contributed by atoms with van der Waals surface area (Å²) in [7, 11) is 0. The Morgan fingerprint density at radius 3 is 2.44 bits per heavy atom. The Labute approximate surface area is 116 Å². The van der Waals surface area contributed by atoms with Gasteiger partial charge in [0.15, 0.2) is 0 Å². The van der Waals surface area contributed by atoms with E-state index in [0.717, 1.165) is 4.47 Å². The molecule has 0 atom stereocenters. The molecule has 1 heterocycles. The standard InChI is InChI=1S/C12H9BrN2O2S/c13-8-3-1-7(2-4-8)12(17)15-9-5-6-18-10(9)11(14)16/h1-6H,(H2,14,16)(H,15,17). The molecule has 2 amide bonds. The van der Waals surface area contributed by atoms with Crippen molar-refractivity contribution in [1.29, 1.82) is 0 Å². The van der Waals surface area contributed by atoms with Crippen LogP contribution in [0.4, 0.5) is 5.69 Å². The molecular formula is C12H9BrN2O2S. The molecule has 0 fully saturated rings. The highest BCUT2D eigenvalue weighted by molar-refractivity contribution is 9.10. The second kappa shape index (κ2) is 5.32. The number of benzene rings is 1. The number of thiophene rings is 1. The van der Waals surface area contributed by atoms with Crippen molar-refractivity contribution in [2.24, 2.45) is 5.73 Å². The maximum absolute atomic E-state index is 11.9. The zero-order valence-electron chi connectivity index (χ0n) is 9.14. The number of rotatable bonds is 3. The van der Waals surface area contributed by atoms with Crippen molar-refractivity contribution in [3.8, 4) is 0 Å². The van der Waals surface area contributed by atoms with Gasteiger partial charge < -0.3 is 11.1 Å². The number of hydrogen-bond donors (Lipinski definition) is 2. The van der Waals surface area contributed by atoms with Gasteiger partial charge in [-0.25, -0.2) is 0 Å². The molecule has 3 N–H and O–H groups in total. The average molecular weight is 325 g/mol. The highest BCUT2D eigenvalue weighted by Gasteiger charge is 2.13. The van der Waals surface area contributed by atoms with Gasteiger partial charge in [0, 0.05) is 10.0 Å². The molecule has 92 valence electrons. The van der Waals surface area contributed by atoms with Crippen LogP contribution in [0.3, 0.4) is 0 Å². The smallest absolute Gasteiger partial charge is 0.260 e. The molecule has 0 aliphatic rings. The molecule has 6 heteroatoms. The van der Waals surface area contributed by atoms with E-state index < -0.39 is 5.91 Å². The normalized spacial score (nSPS) is 10.1. The van der Waals surface area contributed by atoms with E-state index in [1.54, 1.807) is 35.7 Å². The summed E-state index contributed by atoms with van der Waals surface area (Å²) in [6, 6.07) is 8.59. The molecule has 2 rings (SSSR count). The Bertz CT molecular complexity index is 592. The monoisotopic (exact) mass is 324 g/mol. The number of anilines is 1. The Morgan fingerprint density at radius 2 is 1.83 bits per heavy atom. The number of hydrogen-bond acceptors (Lipinski definition) is 3. The number of carbonyl (C=O) groups excluding carboxylic acids is 2. The predicted molar refractivity (Wildman–Crippen MR) is 74.9 cm³/mol. The first kappa shape index (κ1) is 12.8. The second-order valence-corrected chi connectivity index (χ2v) is 5.32. The molecule has 0 spiro atoms. The van der Waals surface area contributed by atoms with Crippen LogP contribution in [-0.2, 0) is 0 Å².